The van der Waals surface area contributed by atoms with Gasteiger partial charge in [-0.25, -0.2) is 0 Å². The second kappa shape index (κ2) is 55.0. The molecule has 12 N–H and O–H groups in total. The van der Waals surface area contributed by atoms with E-state index >= 15 is 0 Å². The average Bonchev–Trinajstić information content (AvgIpc) is 0.830. The Kier molecular flexibility index (Phi) is 50.3. The van der Waals surface area contributed by atoms with Gasteiger partial charge in [-0.1, -0.05) is 269 Å². The highest BCUT2D eigenvalue weighted by Gasteiger charge is 2.53. The van der Waals surface area contributed by atoms with Crippen LogP contribution in [0.4, 0.5) is 0 Å². The summed E-state index contributed by atoms with van der Waals surface area (Å²) in [5, 5.41) is 120. The summed E-state index contributed by atoms with van der Waals surface area (Å²) in [5.41, 5.74) is 0. The molecular weight excluding hydrogens is 1180 g/mol. The van der Waals surface area contributed by atoms with Crippen molar-refractivity contribution in [3.63, 3.8) is 0 Å². The van der Waals surface area contributed by atoms with Gasteiger partial charge in [0.25, 0.3) is 0 Å². The maximum atomic E-state index is 13.4. The zero-order chi connectivity index (χ0) is 66.8. The van der Waals surface area contributed by atoms with Gasteiger partial charge < -0.3 is 89.9 Å². The zero-order valence-electron chi connectivity index (χ0n) is 57.3. The Labute approximate surface area is 555 Å². The van der Waals surface area contributed by atoms with Gasteiger partial charge in [0, 0.05) is 6.42 Å². The topological polar surface area (TPSA) is 307 Å². The van der Waals surface area contributed by atoms with Crippen LogP contribution >= 0.6 is 0 Å². The quantitative estimate of drug-likeness (QED) is 0.0199. The molecule has 3 fully saturated rings. The lowest BCUT2D eigenvalue weighted by Crippen LogP contribution is -2.66. The number of carbonyl (C=O) groups excluding carboxylic acids is 1. The molecule has 0 aliphatic carbocycles. The zero-order valence-corrected chi connectivity index (χ0v) is 57.3. The fraction of sp³-hybridized carbons (Fsp3) is 0.904. The maximum absolute atomic E-state index is 13.4. The normalized spacial score (nSPS) is 27.9. The molecule has 0 aromatic heterocycles. The highest BCUT2D eigenvalue weighted by atomic mass is 16.8. The molecule has 92 heavy (non-hydrogen) atoms. The molecule has 17 unspecified atom stereocenters. The number of aliphatic hydroxyl groups is 11. The van der Waals surface area contributed by atoms with Crippen LogP contribution in [0, 0.1) is 0 Å². The van der Waals surface area contributed by atoms with Crippen molar-refractivity contribution in [1.29, 1.82) is 0 Å². The highest BCUT2D eigenvalue weighted by molar-refractivity contribution is 5.76. The molecule has 3 saturated heterocycles. The van der Waals surface area contributed by atoms with Gasteiger partial charge >= 0.3 is 0 Å². The molecule has 3 aliphatic heterocycles. The third-order valence-electron chi connectivity index (χ3n) is 18.7. The summed E-state index contributed by atoms with van der Waals surface area (Å²) in [4.78, 5) is 13.4. The summed E-state index contributed by atoms with van der Waals surface area (Å²) in [5.74, 6) is -0.272. The van der Waals surface area contributed by atoms with E-state index in [1.165, 1.54) is 212 Å². The molecule has 0 radical (unpaired) electrons. The van der Waals surface area contributed by atoms with E-state index in [1.807, 2.05) is 6.08 Å². The first-order valence-corrected chi connectivity index (χ1v) is 37.2. The maximum Gasteiger partial charge on any atom is 0.220 e. The van der Waals surface area contributed by atoms with Gasteiger partial charge in [-0.05, 0) is 51.4 Å². The first kappa shape index (κ1) is 84.2. The molecule has 3 aliphatic rings. The second-order valence-corrected chi connectivity index (χ2v) is 26.8. The van der Waals surface area contributed by atoms with Crippen LogP contribution in [0.3, 0.4) is 0 Å². The van der Waals surface area contributed by atoms with E-state index in [1.54, 1.807) is 6.08 Å². The number of amides is 1. The second-order valence-electron chi connectivity index (χ2n) is 26.8. The smallest absolute Gasteiger partial charge is 0.220 e. The lowest BCUT2D eigenvalue weighted by atomic mass is 9.96. The molecule has 0 bridgehead atoms. The van der Waals surface area contributed by atoms with Gasteiger partial charge in [0.2, 0.25) is 5.91 Å². The molecular formula is C73H135NO18. The number of hydrogen-bond donors (Lipinski definition) is 12. The number of carbonyl (C=O) groups is 1. The van der Waals surface area contributed by atoms with Crippen LogP contribution in [0.25, 0.3) is 0 Å². The lowest BCUT2D eigenvalue weighted by Gasteiger charge is -2.48. The minimum Gasteiger partial charge on any atom is -0.394 e. The van der Waals surface area contributed by atoms with Gasteiger partial charge in [0.1, 0.15) is 73.2 Å². The van der Waals surface area contributed by atoms with E-state index in [2.05, 4.69) is 43.5 Å². The Hall–Kier alpha value is -1.99. The van der Waals surface area contributed by atoms with Crippen molar-refractivity contribution in [2.75, 3.05) is 26.4 Å². The van der Waals surface area contributed by atoms with Crippen LogP contribution in [0.2, 0.25) is 0 Å². The van der Waals surface area contributed by atoms with E-state index in [4.69, 9.17) is 28.4 Å². The van der Waals surface area contributed by atoms with Crippen LogP contribution in [0.15, 0.2) is 36.5 Å². The SMILES string of the molecule is CCCCCCC/C=C\C/C=C\CCCCCCCCCCCCCCCCCCCCCCCCCC(=O)NC(COC1OC(CO)C(OC2OC(CO)C(OC3OC(CO)C(O)C(O)C3O)C(O)C2O)C(O)C1O)C(O)/C=C/CCCCCCCCCCCC. The molecule has 19 heteroatoms. The van der Waals surface area contributed by atoms with Gasteiger partial charge in [-0.2, -0.15) is 0 Å². The van der Waals surface area contributed by atoms with Gasteiger partial charge in [0.15, 0.2) is 18.9 Å². The largest absolute Gasteiger partial charge is 0.394 e. The number of unbranched alkanes of at least 4 members (excludes halogenated alkanes) is 38. The number of rotatable bonds is 58. The fourth-order valence-electron chi connectivity index (χ4n) is 12.6. The van der Waals surface area contributed by atoms with Crippen LogP contribution in [-0.2, 0) is 33.2 Å². The first-order valence-electron chi connectivity index (χ1n) is 37.2. The van der Waals surface area contributed by atoms with Crippen molar-refractivity contribution in [2.24, 2.45) is 0 Å². The van der Waals surface area contributed by atoms with E-state index in [0.29, 0.717) is 6.42 Å². The Morgan fingerprint density at radius 1 is 0.391 bits per heavy atom. The Morgan fingerprint density at radius 3 is 1.11 bits per heavy atom. The van der Waals surface area contributed by atoms with Crippen LogP contribution < -0.4 is 5.32 Å². The molecule has 0 saturated carbocycles. The Morgan fingerprint density at radius 2 is 0.717 bits per heavy atom. The fourth-order valence-corrected chi connectivity index (χ4v) is 12.6. The Balaban J connectivity index is 1.31. The molecule has 19 nitrogen and oxygen atoms in total. The number of ether oxygens (including phenoxy) is 6. The van der Waals surface area contributed by atoms with Crippen LogP contribution in [0.5, 0.6) is 0 Å². The van der Waals surface area contributed by atoms with Crippen molar-refractivity contribution in [1.82, 2.24) is 5.32 Å². The summed E-state index contributed by atoms with van der Waals surface area (Å²) in [6, 6.07) is -0.970. The number of hydrogen-bond acceptors (Lipinski definition) is 18. The number of aliphatic hydroxyl groups excluding tert-OH is 11. The first-order chi connectivity index (χ1) is 44.8. The monoisotopic (exact) mass is 1310 g/mol. The van der Waals surface area contributed by atoms with E-state index in [0.717, 1.165) is 51.4 Å². The molecule has 3 heterocycles. The van der Waals surface area contributed by atoms with Gasteiger partial charge in [-0.15, -0.1) is 0 Å². The molecule has 0 spiro atoms. The lowest BCUT2D eigenvalue weighted by molar-refractivity contribution is -0.379. The van der Waals surface area contributed by atoms with E-state index in [-0.39, 0.29) is 18.9 Å². The summed E-state index contributed by atoms with van der Waals surface area (Å²) in [6.45, 7) is 1.73. The summed E-state index contributed by atoms with van der Waals surface area (Å²) >= 11 is 0. The Bertz CT molecular complexity index is 1810. The third kappa shape index (κ3) is 36.0. The van der Waals surface area contributed by atoms with Crippen molar-refractivity contribution in [3.8, 4) is 0 Å². The summed E-state index contributed by atoms with van der Waals surface area (Å²) in [6.07, 6.45) is 38.7. The van der Waals surface area contributed by atoms with Gasteiger partial charge in [-0.3, -0.25) is 4.79 Å². The minimum atomic E-state index is -1.98. The number of nitrogens with one attached hydrogen (secondary N) is 1. The molecule has 0 aromatic rings. The molecule has 17 atom stereocenters. The van der Waals surface area contributed by atoms with Crippen LogP contribution in [-0.4, -0.2) is 193 Å². The molecule has 1 amide bonds. The predicted molar refractivity (Wildman–Crippen MR) is 360 cm³/mol. The van der Waals surface area contributed by atoms with E-state index < -0.39 is 124 Å². The highest BCUT2D eigenvalue weighted by Crippen LogP contribution is 2.33. The summed E-state index contributed by atoms with van der Waals surface area (Å²) in [7, 11) is 0. The molecule has 0 aromatic carbocycles. The average molecular weight is 1310 g/mol. The van der Waals surface area contributed by atoms with Crippen molar-refractivity contribution in [3.05, 3.63) is 36.5 Å². The van der Waals surface area contributed by atoms with Crippen molar-refractivity contribution < 1.29 is 89.4 Å². The third-order valence-corrected chi connectivity index (χ3v) is 18.7. The standard InChI is InChI=1S/C73H135NO18/c1-3-5-7-9-11-13-15-17-18-19-20-21-22-23-24-25-26-27-28-29-30-31-32-33-34-35-36-37-38-39-41-43-45-47-49-51-61(79)74-56(57(78)50-48-46-44-42-40-16-14-12-10-8-6-4-2)55-87-71-67(85)64(82)69(59(53-76)89-71)92-73-68(86)65(83)70(60(54-77)90-73)91-72-66(84)63(81)62(80)58(52-75)88-72/h15,17,19-20,48,50,56-60,62-73,75-78,80-86H,3-14,16,18,21-47,49,51-55H2,1-2H3,(H,74,79)/b17-15-,20-19-,50-48+. The van der Waals surface area contributed by atoms with E-state index in [9.17, 15) is 61.0 Å². The van der Waals surface area contributed by atoms with Gasteiger partial charge in [0.05, 0.1) is 38.6 Å². The molecule has 3 rings (SSSR count). The summed E-state index contributed by atoms with van der Waals surface area (Å²) < 4.78 is 34.3. The predicted octanol–water partition coefficient (Wildman–Crippen LogP) is 10.8. The number of allylic oxidation sites excluding steroid dienone is 5. The van der Waals surface area contributed by atoms with Crippen molar-refractivity contribution >= 4 is 5.91 Å². The van der Waals surface area contributed by atoms with Crippen molar-refractivity contribution in [2.45, 2.75) is 394 Å². The van der Waals surface area contributed by atoms with Crippen LogP contribution in [0.1, 0.15) is 290 Å². The minimum absolute atomic E-state index is 0.247. The molecule has 540 valence electrons.